The summed E-state index contributed by atoms with van der Waals surface area (Å²) >= 11 is 0. The molecule has 2 aliphatic rings. The van der Waals surface area contributed by atoms with Crippen LogP contribution in [0.25, 0.3) is 17.0 Å². The summed E-state index contributed by atoms with van der Waals surface area (Å²) < 4.78 is 16.5. The number of nitrogens with zero attached hydrogens (tertiary/aromatic N) is 3. The summed E-state index contributed by atoms with van der Waals surface area (Å²) in [6.45, 7) is 3.90. The van der Waals surface area contributed by atoms with Gasteiger partial charge in [-0.2, -0.15) is 4.57 Å². The second-order valence-corrected chi connectivity index (χ2v) is 9.62. The Morgan fingerprint density at radius 2 is 1.75 bits per heavy atom. The van der Waals surface area contributed by atoms with Crippen molar-refractivity contribution in [3.05, 3.63) is 81.8 Å². The topological polar surface area (TPSA) is 79.1 Å². The van der Waals surface area contributed by atoms with E-state index in [0.717, 1.165) is 44.1 Å². The largest absolute Gasteiger partial charge is 0.327 e. The molecule has 0 spiro atoms. The second kappa shape index (κ2) is 9.68. The van der Waals surface area contributed by atoms with E-state index in [1.165, 1.54) is 33.8 Å². The van der Waals surface area contributed by atoms with E-state index in [0.29, 0.717) is 17.8 Å². The van der Waals surface area contributed by atoms with Crippen LogP contribution in [0.2, 0.25) is 0 Å². The van der Waals surface area contributed by atoms with E-state index >= 15 is 0 Å². The molecule has 2 aromatic heterocycles. The smallest absolute Gasteiger partial charge is 0.294 e. The fourth-order valence-corrected chi connectivity index (χ4v) is 5.35. The number of imide groups is 1. The van der Waals surface area contributed by atoms with Gasteiger partial charge < -0.3 is 0 Å². The summed E-state index contributed by atoms with van der Waals surface area (Å²) in [7, 11) is 0. The molecule has 3 heterocycles. The van der Waals surface area contributed by atoms with Crippen LogP contribution in [0.1, 0.15) is 62.3 Å². The number of nitrogens with one attached hydrogen (secondary N) is 1. The lowest BCUT2D eigenvalue weighted by Gasteiger charge is -2.29. The van der Waals surface area contributed by atoms with E-state index in [-0.39, 0.29) is 28.8 Å². The van der Waals surface area contributed by atoms with Crippen molar-refractivity contribution in [3.8, 4) is 5.69 Å². The lowest BCUT2D eigenvalue weighted by molar-refractivity contribution is -0.577. The molecule has 1 N–H and O–H groups in total. The number of carbonyl (C=O) groups excluding carboxylic acids is 2. The van der Waals surface area contributed by atoms with Crippen LogP contribution in [0.3, 0.4) is 0 Å². The maximum absolute atomic E-state index is 14.0. The molecule has 1 aromatic carbocycles. The number of hydrogen-bond donors (Lipinski definition) is 1. The van der Waals surface area contributed by atoms with Crippen LogP contribution < -0.4 is 10.1 Å². The molecule has 3 aromatic rings. The summed E-state index contributed by atoms with van der Waals surface area (Å²) in [5.74, 6) is -1.20. The summed E-state index contributed by atoms with van der Waals surface area (Å²) in [5, 5.41) is 3.13. The predicted octanol–water partition coefficient (Wildman–Crippen LogP) is 3.92. The molecule has 36 heavy (non-hydrogen) atoms. The Bertz CT molecular complexity index is 1410. The first-order valence-corrected chi connectivity index (χ1v) is 12.6. The molecule has 0 radical (unpaired) electrons. The molecule has 0 bridgehead atoms. The van der Waals surface area contributed by atoms with E-state index < -0.39 is 17.3 Å². The number of halogens is 1. The van der Waals surface area contributed by atoms with Gasteiger partial charge >= 0.3 is 5.91 Å². The first kappa shape index (κ1) is 23.9. The van der Waals surface area contributed by atoms with Crippen LogP contribution >= 0.6 is 0 Å². The number of carbonyl (C=O) groups is 2. The molecule has 0 unspecified atom stereocenters. The molecular formula is C28H30FN4O3+. The van der Waals surface area contributed by atoms with Gasteiger partial charge in [-0.15, -0.1) is 0 Å². The molecule has 1 fully saturated rings. The third-order valence-electron chi connectivity index (χ3n) is 7.04. The molecule has 2 amide bonds. The fourth-order valence-electron chi connectivity index (χ4n) is 5.35. The number of rotatable bonds is 6. The number of aromatic nitrogens is 3. The zero-order chi connectivity index (χ0) is 25.4. The lowest BCUT2D eigenvalue weighted by atomic mass is 9.94. The highest BCUT2D eigenvalue weighted by Gasteiger charge is 2.49. The first-order chi connectivity index (χ1) is 17.4. The Labute approximate surface area is 208 Å². The molecular weight excluding hydrogens is 459 g/mol. The molecule has 8 heteroatoms. The molecule has 1 aliphatic heterocycles. The molecule has 1 saturated carbocycles. The maximum Gasteiger partial charge on any atom is 0.327 e. The summed E-state index contributed by atoms with van der Waals surface area (Å²) in [5.41, 5.74) is 2.07. The van der Waals surface area contributed by atoms with E-state index in [4.69, 9.17) is 0 Å². The maximum atomic E-state index is 14.0. The predicted molar refractivity (Wildman–Crippen MR) is 134 cm³/mol. The van der Waals surface area contributed by atoms with Crippen molar-refractivity contribution in [2.75, 3.05) is 0 Å². The average molecular weight is 490 g/mol. The molecule has 7 nitrogen and oxygen atoms in total. The minimum atomic E-state index is -0.433. The fraction of sp³-hybridized carbons (Fsp3) is 0.357. The van der Waals surface area contributed by atoms with Crippen molar-refractivity contribution in [2.24, 2.45) is 0 Å². The van der Waals surface area contributed by atoms with Gasteiger partial charge in [0.2, 0.25) is 0 Å². The van der Waals surface area contributed by atoms with Crippen LogP contribution in [0.15, 0.2) is 53.6 Å². The van der Waals surface area contributed by atoms with Gasteiger partial charge in [-0.25, -0.2) is 9.07 Å². The standard InChI is InChI=1S/C28H29FN4O3/c1-3-8-22-23(27(35)33(30-22)21-14-12-19(29)13-15-21)24-25(31-16-7-9-18(2)17-31)28(36)32(26(24)34)20-10-5-4-6-11-20/h7,9,12-17,20H,3-6,8,10-11H2,1-2H3/p+1. The van der Waals surface area contributed by atoms with E-state index in [2.05, 4.69) is 5.10 Å². The van der Waals surface area contributed by atoms with Crippen molar-refractivity contribution < 1.29 is 18.5 Å². The van der Waals surface area contributed by atoms with E-state index in [1.807, 2.05) is 26.0 Å². The van der Waals surface area contributed by atoms with Crippen LogP contribution in [-0.2, 0) is 16.0 Å². The second-order valence-electron chi connectivity index (χ2n) is 9.62. The number of H-pyrrole nitrogens is 1. The van der Waals surface area contributed by atoms with Crippen molar-refractivity contribution in [1.82, 2.24) is 14.7 Å². The number of amides is 2. The number of benzene rings is 1. The van der Waals surface area contributed by atoms with Gasteiger partial charge in [0.25, 0.3) is 17.2 Å². The Balaban J connectivity index is 1.74. The van der Waals surface area contributed by atoms with Crippen LogP contribution in [0.5, 0.6) is 0 Å². The normalized spacial score (nSPS) is 16.9. The number of aryl methyl sites for hydroxylation is 2. The van der Waals surface area contributed by atoms with E-state index in [9.17, 15) is 18.8 Å². The molecule has 5 rings (SSSR count). The zero-order valence-electron chi connectivity index (χ0n) is 20.6. The third-order valence-corrected chi connectivity index (χ3v) is 7.04. The highest BCUT2D eigenvalue weighted by Crippen LogP contribution is 2.35. The first-order valence-electron chi connectivity index (χ1n) is 12.6. The monoisotopic (exact) mass is 489 g/mol. The van der Waals surface area contributed by atoms with Crippen LogP contribution in [-0.4, -0.2) is 32.5 Å². The minimum Gasteiger partial charge on any atom is -0.294 e. The Hall–Kier alpha value is -3.81. The minimum absolute atomic E-state index is 0.131. The van der Waals surface area contributed by atoms with Gasteiger partial charge in [0.1, 0.15) is 11.4 Å². The van der Waals surface area contributed by atoms with Crippen molar-refractivity contribution in [3.63, 3.8) is 0 Å². The number of hydrogen-bond acceptors (Lipinski definition) is 3. The van der Waals surface area contributed by atoms with Gasteiger partial charge in [-0.3, -0.25) is 24.4 Å². The quantitative estimate of drug-likeness (QED) is 0.421. The number of pyridine rings is 1. The van der Waals surface area contributed by atoms with Crippen molar-refractivity contribution in [1.29, 1.82) is 0 Å². The summed E-state index contributed by atoms with van der Waals surface area (Å²) in [6.07, 6.45) is 9.34. The molecule has 0 atom stereocenters. The van der Waals surface area contributed by atoms with Crippen molar-refractivity contribution in [2.45, 2.75) is 64.8 Å². The molecule has 186 valence electrons. The van der Waals surface area contributed by atoms with Gasteiger partial charge in [0.05, 0.1) is 11.3 Å². The van der Waals surface area contributed by atoms with Gasteiger partial charge in [-0.05, 0) is 56.5 Å². The number of aromatic amines is 1. The Morgan fingerprint density at radius 3 is 2.42 bits per heavy atom. The average Bonchev–Trinajstić information content (AvgIpc) is 3.32. The molecule has 1 aliphatic carbocycles. The lowest BCUT2D eigenvalue weighted by Crippen LogP contribution is -2.45. The van der Waals surface area contributed by atoms with Gasteiger partial charge in [-0.1, -0.05) is 32.6 Å². The summed E-state index contributed by atoms with van der Waals surface area (Å²) in [4.78, 5) is 43.1. The Kier molecular flexibility index (Phi) is 6.43. The SMILES string of the molecule is CCCc1[nH]n(-c2ccc(F)cc2)c(=O)c1C1=C([n+]2cccc(C)c2)C(=O)N(C2CCCCC2)C1=O. The Morgan fingerprint density at radius 1 is 1.03 bits per heavy atom. The van der Waals surface area contributed by atoms with Gasteiger partial charge in [0, 0.05) is 23.4 Å². The summed E-state index contributed by atoms with van der Waals surface area (Å²) in [6, 6.07) is 9.14. The third kappa shape index (κ3) is 4.10. The highest BCUT2D eigenvalue weighted by atomic mass is 19.1. The molecule has 0 saturated heterocycles. The zero-order valence-corrected chi connectivity index (χ0v) is 20.6. The highest BCUT2D eigenvalue weighted by molar-refractivity contribution is 6.44. The van der Waals surface area contributed by atoms with Crippen LogP contribution in [0.4, 0.5) is 4.39 Å². The van der Waals surface area contributed by atoms with Crippen LogP contribution in [0, 0.1) is 12.7 Å². The van der Waals surface area contributed by atoms with Crippen molar-refractivity contribution >= 4 is 23.1 Å². The van der Waals surface area contributed by atoms with Gasteiger partial charge in [0.15, 0.2) is 12.4 Å². The van der Waals surface area contributed by atoms with E-state index in [1.54, 1.807) is 17.0 Å².